The first-order chi connectivity index (χ1) is 8.26. The van der Waals surface area contributed by atoms with Crippen molar-refractivity contribution in [2.45, 2.75) is 12.4 Å². The van der Waals surface area contributed by atoms with Gasteiger partial charge in [-0.05, 0) is 12.1 Å². The maximum atomic E-state index is 10.0. The molecule has 0 radical (unpaired) electrons. The van der Waals surface area contributed by atoms with Crippen LogP contribution < -0.4 is 0 Å². The molecule has 4 nitrogen and oxygen atoms in total. The fourth-order valence-electron chi connectivity index (χ4n) is 1.76. The number of aliphatic hydroxyl groups excluding tert-OH is 1. The molecule has 0 spiro atoms. The first kappa shape index (κ1) is 12.0. The highest BCUT2D eigenvalue weighted by Gasteiger charge is 2.20. The van der Waals surface area contributed by atoms with E-state index in [1.165, 1.54) is 14.2 Å². The van der Waals surface area contributed by atoms with Crippen LogP contribution in [0, 0.1) is 0 Å². The van der Waals surface area contributed by atoms with Crippen molar-refractivity contribution in [1.82, 2.24) is 4.98 Å². The number of ether oxygens (including phenoxy) is 2. The summed E-state index contributed by atoms with van der Waals surface area (Å²) in [6.07, 6.45) is 0.109. The molecule has 17 heavy (non-hydrogen) atoms. The second-order valence-corrected chi connectivity index (χ2v) is 3.75. The topological polar surface area (TPSA) is 51.6 Å². The molecule has 90 valence electrons. The predicted octanol–water partition coefficient (Wildman–Crippen LogP) is 1.89. The molecule has 2 aromatic rings. The molecule has 1 aromatic heterocycles. The normalized spacial score (nSPS) is 13.2. The van der Waals surface area contributed by atoms with Gasteiger partial charge >= 0.3 is 0 Å². The van der Waals surface area contributed by atoms with Crippen LogP contribution in [-0.2, 0) is 9.47 Å². The van der Waals surface area contributed by atoms with Crippen LogP contribution in [0.1, 0.15) is 11.7 Å². The second kappa shape index (κ2) is 5.23. The molecule has 0 saturated carbocycles. The lowest BCUT2D eigenvalue weighted by Crippen LogP contribution is -2.22. The van der Waals surface area contributed by atoms with E-state index in [4.69, 9.17) is 9.47 Å². The van der Waals surface area contributed by atoms with Gasteiger partial charge in [0.1, 0.15) is 6.10 Å². The number of hydrogen-bond acceptors (Lipinski definition) is 4. The highest BCUT2D eigenvalue weighted by molar-refractivity contribution is 5.78. The van der Waals surface area contributed by atoms with Gasteiger partial charge in [0, 0.05) is 31.4 Å². The Morgan fingerprint density at radius 3 is 2.59 bits per heavy atom. The van der Waals surface area contributed by atoms with Crippen LogP contribution in [0.5, 0.6) is 0 Å². The van der Waals surface area contributed by atoms with Gasteiger partial charge in [0.2, 0.25) is 0 Å². The first-order valence-corrected chi connectivity index (χ1v) is 5.34. The summed E-state index contributed by atoms with van der Waals surface area (Å²) < 4.78 is 10.1. The van der Waals surface area contributed by atoms with E-state index >= 15 is 0 Å². The molecule has 1 heterocycles. The van der Waals surface area contributed by atoms with Crippen molar-refractivity contribution >= 4 is 10.9 Å². The molecule has 1 N–H and O–H groups in total. The minimum Gasteiger partial charge on any atom is -0.383 e. The number of benzene rings is 1. The fraction of sp³-hybridized carbons (Fsp3) is 0.308. The summed E-state index contributed by atoms with van der Waals surface area (Å²) in [4.78, 5) is 4.28. The van der Waals surface area contributed by atoms with Crippen LogP contribution in [0.25, 0.3) is 10.9 Å². The third-order valence-electron chi connectivity index (χ3n) is 2.68. The molecule has 1 atom stereocenters. The number of nitrogens with zero attached hydrogens (tertiary/aromatic N) is 1. The largest absolute Gasteiger partial charge is 0.383 e. The third kappa shape index (κ3) is 2.44. The number of aromatic nitrogens is 1. The van der Waals surface area contributed by atoms with Crippen LogP contribution in [0.4, 0.5) is 0 Å². The molecule has 0 aliphatic carbocycles. The van der Waals surface area contributed by atoms with Gasteiger partial charge in [0.05, 0.1) is 5.52 Å². The molecule has 0 aliphatic heterocycles. The standard InChI is InChI=1S/C13H15NO3/c1-16-13(17-2)12(15)10-7-9-5-3-4-6-11(9)14-8-10/h3-8,12-13,15H,1-2H3. The molecule has 0 bridgehead atoms. The number of fused-ring (bicyclic) bond motifs is 1. The van der Waals surface area contributed by atoms with Gasteiger partial charge in [-0.25, -0.2) is 0 Å². The summed E-state index contributed by atoms with van der Waals surface area (Å²) in [6, 6.07) is 9.63. The first-order valence-electron chi connectivity index (χ1n) is 5.34. The van der Waals surface area contributed by atoms with Crippen molar-refractivity contribution in [3.63, 3.8) is 0 Å². The van der Waals surface area contributed by atoms with Crippen LogP contribution in [0.2, 0.25) is 0 Å². The Labute approximate surface area is 99.8 Å². The summed E-state index contributed by atoms with van der Waals surface area (Å²) in [7, 11) is 2.98. The average molecular weight is 233 g/mol. The monoisotopic (exact) mass is 233 g/mol. The maximum Gasteiger partial charge on any atom is 0.187 e. The van der Waals surface area contributed by atoms with Crippen molar-refractivity contribution in [2.75, 3.05) is 14.2 Å². The Hall–Kier alpha value is -1.49. The lowest BCUT2D eigenvalue weighted by Gasteiger charge is -2.20. The highest BCUT2D eigenvalue weighted by Crippen LogP contribution is 2.22. The molecule has 0 amide bonds. The molecule has 1 unspecified atom stereocenters. The van der Waals surface area contributed by atoms with Crippen LogP contribution in [-0.4, -0.2) is 30.6 Å². The maximum absolute atomic E-state index is 10.0. The van der Waals surface area contributed by atoms with E-state index in [-0.39, 0.29) is 0 Å². The van der Waals surface area contributed by atoms with Crippen molar-refractivity contribution in [3.05, 3.63) is 42.1 Å². The number of methoxy groups -OCH3 is 2. The number of para-hydroxylation sites is 1. The Balaban J connectivity index is 2.35. The number of pyridine rings is 1. The molecular weight excluding hydrogens is 218 g/mol. The van der Waals surface area contributed by atoms with Gasteiger partial charge < -0.3 is 14.6 Å². The minimum atomic E-state index is -0.845. The van der Waals surface area contributed by atoms with Crippen LogP contribution >= 0.6 is 0 Å². The van der Waals surface area contributed by atoms with Crippen molar-refractivity contribution in [1.29, 1.82) is 0 Å². The number of aliphatic hydroxyl groups is 1. The quantitative estimate of drug-likeness (QED) is 0.819. The van der Waals surface area contributed by atoms with Gasteiger partial charge in [0.25, 0.3) is 0 Å². The van der Waals surface area contributed by atoms with E-state index < -0.39 is 12.4 Å². The zero-order chi connectivity index (χ0) is 12.3. The molecule has 0 fully saturated rings. The minimum absolute atomic E-state index is 0.678. The van der Waals surface area contributed by atoms with Crippen molar-refractivity contribution in [2.24, 2.45) is 0 Å². The van der Waals surface area contributed by atoms with E-state index in [1.807, 2.05) is 30.3 Å². The molecule has 1 aromatic carbocycles. The lowest BCUT2D eigenvalue weighted by molar-refractivity contribution is -0.166. The van der Waals surface area contributed by atoms with E-state index in [0.29, 0.717) is 5.56 Å². The van der Waals surface area contributed by atoms with Gasteiger partial charge in [-0.2, -0.15) is 0 Å². The summed E-state index contributed by atoms with van der Waals surface area (Å²) >= 11 is 0. The lowest BCUT2D eigenvalue weighted by atomic mass is 10.1. The zero-order valence-corrected chi connectivity index (χ0v) is 9.83. The van der Waals surface area contributed by atoms with Crippen molar-refractivity contribution < 1.29 is 14.6 Å². The van der Waals surface area contributed by atoms with Crippen molar-refractivity contribution in [3.8, 4) is 0 Å². The number of hydrogen-bond donors (Lipinski definition) is 1. The summed E-state index contributed by atoms with van der Waals surface area (Å²) in [5.74, 6) is 0. The summed E-state index contributed by atoms with van der Waals surface area (Å²) in [6.45, 7) is 0. The van der Waals surface area contributed by atoms with Gasteiger partial charge in [-0.3, -0.25) is 4.98 Å². The zero-order valence-electron chi connectivity index (χ0n) is 9.83. The predicted molar refractivity (Wildman–Crippen MR) is 64.5 cm³/mol. The van der Waals surface area contributed by atoms with E-state index in [1.54, 1.807) is 6.20 Å². The SMILES string of the molecule is COC(OC)C(O)c1cnc2ccccc2c1. The molecule has 4 heteroatoms. The molecular formula is C13H15NO3. The smallest absolute Gasteiger partial charge is 0.187 e. The van der Waals surface area contributed by atoms with Gasteiger partial charge in [0.15, 0.2) is 6.29 Å². The summed E-state index contributed by atoms with van der Waals surface area (Å²) in [5.41, 5.74) is 1.58. The Kier molecular flexibility index (Phi) is 3.68. The highest BCUT2D eigenvalue weighted by atomic mass is 16.7. The van der Waals surface area contributed by atoms with Crippen LogP contribution in [0.3, 0.4) is 0 Å². The molecule has 2 rings (SSSR count). The number of rotatable bonds is 4. The van der Waals surface area contributed by atoms with E-state index in [2.05, 4.69) is 4.98 Å². The van der Waals surface area contributed by atoms with Crippen LogP contribution in [0.15, 0.2) is 36.5 Å². The summed E-state index contributed by atoms with van der Waals surface area (Å²) in [5, 5.41) is 11.0. The average Bonchev–Trinajstić information content (AvgIpc) is 2.39. The Morgan fingerprint density at radius 2 is 1.88 bits per heavy atom. The van der Waals surface area contributed by atoms with E-state index in [0.717, 1.165) is 10.9 Å². The van der Waals surface area contributed by atoms with E-state index in [9.17, 15) is 5.11 Å². The Morgan fingerprint density at radius 1 is 1.18 bits per heavy atom. The second-order valence-electron chi connectivity index (χ2n) is 3.75. The Bertz CT molecular complexity index is 497. The van der Waals surface area contributed by atoms with Gasteiger partial charge in [-0.1, -0.05) is 18.2 Å². The molecule has 0 saturated heterocycles. The molecule has 0 aliphatic rings. The third-order valence-corrected chi connectivity index (χ3v) is 2.68. The fourth-order valence-corrected chi connectivity index (χ4v) is 1.76. The van der Waals surface area contributed by atoms with Gasteiger partial charge in [-0.15, -0.1) is 0 Å².